The van der Waals surface area contributed by atoms with Gasteiger partial charge in [0.1, 0.15) is 5.41 Å². The molecule has 0 spiro atoms. The van der Waals surface area contributed by atoms with Gasteiger partial charge in [-0.25, -0.2) is 0 Å². The first kappa shape index (κ1) is 15.8. The number of carbonyl (C=O) groups excluding carboxylic acids is 1. The van der Waals surface area contributed by atoms with Crippen molar-refractivity contribution in [2.75, 3.05) is 13.2 Å². The predicted molar refractivity (Wildman–Crippen MR) is 73.0 cm³/mol. The largest absolute Gasteiger partial charge is 0.409 e. The predicted octanol–water partition coefficient (Wildman–Crippen LogP) is 1.22. The van der Waals surface area contributed by atoms with Gasteiger partial charge in [-0.05, 0) is 32.6 Å². The van der Waals surface area contributed by atoms with Crippen molar-refractivity contribution in [3.05, 3.63) is 0 Å². The maximum atomic E-state index is 12.6. The molecule has 6 heteroatoms. The van der Waals surface area contributed by atoms with Gasteiger partial charge in [0.05, 0.1) is 0 Å². The molecule has 19 heavy (non-hydrogen) atoms. The van der Waals surface area contributed by atoms with Crippen molar-refractivity contribution in [1.82, 2.24) is 5.32 Å². The van der Waals surface area contributed by atoms with E-state index in [9.17, 15) is 4.79 Å². The molecular weight excluding hydrogens is 246 g/mol. The number of oxime groups is 1. The Labute approximate surface area is 114 Å². The molecule has 0 saturated carbocycles. The lowest BCUT2D eigenvalue weighted by Crippen LogP contribution is -2.57. The van der Waals surface area contributed by atoms with E-state index in [0.29, 0.717) is 26.1 Å². The summed E-state index contributed by atoms with van der Waals surface area (Å²) in [6, 6.07) is 0. The maximum Gasteiger partial charge on any atom is 0.234 e. The van der Waals surface area contributed by atoms with Crippen LogP contribution in [0.15, 0.2) is 5.16 Å². The summed E-state index contributed by atoms with van der Waals surface area (Å²) < 4.78 is 5.31. The first-order chi connectivity index (χ1) is 8.94. The third-order valence-electron chi connectivity index (χ3n) is 4.25. The van der Waals surface area contributed by atoms with Gasteiger partial charge in [0, 0.05) is 18.8 Å². The molecule has 0 aromatic rings. The maximum absolute atomic E-state index is 12.6. The minimum Gasteiger partial charge on any atom is -0.409 e. The minimum atomic E-state index is -0.934. The zero-order chi connectivity index (χ0) is 14.5. The van der Waals surface area contributed by atoms with Crippen molar-refractivity contribution < 1.29 is 14.7 Å². The molecule has 0 unspecified atom stereocenters. The van der Waals surface area contributed by atoms with E-state index in [1.54, 1.807) is 0 Å². The van der Waals surface area contributed by atoms with Crippen LogP contribution < -0.4 is 11.1 Å². The molecule has 1 fully saturated rings. The van der Waals surface area contributed by atoms with Gasteiger partial charge in [0.15, 0.2) is 5.84 Å². The summed E-state index contributed by atoms with van der Waals surface area (Å²) >= 11 is 0. The number of nitrogens with two attached hydrogens (primary N) is 1. The lowest BCUT2D eigenvalue weighted by molar-refractivity contribution is -0.131. The second-order valence-corrected chi connectivity index (χ2v) is 5.40. The minimum absolute atomic E-state index is 0.0225. The fourth-order valence-corrected chi connectivity index (χ4v) is 2.49. The van der Waals surface area contributed by atoms with Crippen molar-refractivity contribution in [1.29, 1.82) is 0 Å². The Morgan fingerprint density at radius 1 is 1.42 bits per heavy atom. The van der Waals surface area contributed by atoms with E-state index in [1.165, 1.54) is 0 Å². The average Bonchev–Trinajstić information content (AvgIpc) is 2.40. The molecule has 6 nitrogen and oxygen atoms in total. The highest BCUT2D eigenvalue weighted by Gasteiger charge is 2.42. The molecule has 0 aromatic heterocycles. The third kappa shape index (κ3) is 3.18. The molecular formula is C13H25N3O3. The summed E-state index contributed by atoms with van der Waals surface area (Å²) in [5.41, 5.74) is 4.53. The number of carbonyl (C=O) groups is 1. The zero-order valence-corrected chi connectivity index (χ0v) is 12.0. The Morgan fingerprint density at radius 3 is 2.37 bits per heavy atom. The van der Waals surface area contributed by atoms with Crippen LogP contribution in [-0.2, 0) is 9.53 Å². The number of hydrogen-bond donors (Lipinski definition) is 3. The van der Waals surface area contributed by atoms with Crippen molar-refractivity contribution in [3.63, 3.8) is 0 Å². The quantitative estimate of drug-likeness (QED) is 0.303. The standard InChI is InChI=1S/C13H25N3O3/c1-4-13(5-2,10(14)16-18)11(17)15-12(3)6-8-19-9-7-12/h18H,4-9H2,1-3H3,(H2,14,16)(H,15,17). The molecule has 0 atom stereocenters. The van der Waals surface area contributed by atoms with Gasteiger partial charge in [0.25, 0.3) is 0 Å². The summed E-state index contributed by atoms with van der Waals surface area (Å²) in [4.78, 5) is 12.6. The molecule has 1 heterocycles. The Kier molecular flexibility index (Phi) is 5.17. The zero-order valence-electron chi connectivity index (χ0n) is 12.0. The number of amides is 1. The van der Waals surface area contributed by atoms with Crippen LogP contribution >= 0.6 is 0 Å². The Balaban J connectivity index is 2.89. The number of ether oxygens (including phenoxy) is 1. The SMILES string of the molecule is CCC(CC)(C(=O)NC1(C)CCOCC1)C(N)=NO. The van der Waals surface area contributed by atoms with Crippen molar-refractivity contribution >= 4 is 11.7 Å². The van der Waals surface area contributed by atoms with Crippen LogP contribution in [0.3, 0.4) is 0 Å². The van der Waals surface area contributed by atoms with Gasteiger partial charge in [0.2, 0.25) is 5.91 Å². The van der Waals surface area contributed by atoms with Crippen LogP contribution in [0.1, 0.15) is 46.5 Å². The lowest BCUT2D eigenvalue weighted by Gasteiger charge is -2.38. The molecule has 1 amide bonds. The summed E-state index contributed by atoms with van der Waals surface area (Å²) in [6.07, 6.45) is 2.55. The summed E-state index contributed by atoms with van der Waals surface area (Å²) in [5, 5.41) is 15.0. The molecule has 0 radical (unpaired) electrons. The van der Waals surface area contributed by atoms with Crippen LogP contribution in [0.25, 0.3) is 0 Å². The summed E-state index contributed by atoms with van der Waals surface area (Å²) in [7, 11) is 0. The first-order valence-corrected chi connectivity index (χ1v) is 6.82. The van der Waals surface area contributed by atoms with Gasteiger partial charge in [-0.3, -0.25) is 4.79 Å². The van der Waals surface area contributed by atoms with Gasteiger partial charge in [-0.1, -0.05) is 19.0 Å². The van der Waals surface area contributed by atoms with Crippen molar-refractivity contribution in [3.8, 4) is 0 Å². The van der Waals surface area contributed by atoms with Gasteiger partial charge < -0.3 is 21.0 Å². The molecule has 110 valence electrons. The summed E-state index contributed by atoms with van der Waals surface area (Å²) in [6.45, 7) is 7.04. The fraction of sp³-hybridized carbons (Fsp3) is 0.846. The van der Waals surface area contributed by atoms with Crippen LogP contribution in [0, 0.1) is 5.41 Å². The average molecular weight is 271 g/mol. The van der Waals surface area contributed by atoms with E-state index in [4.69, 9.17) is 15.7 Å². The Bertz CT molecular complexity index is 345. The lowest BCUT2D eigenvalue weighted by atomic mass is 9.78. The van der Waals surface area contributed by atoms with Crippen LogP contribution in [0.2, 0.25) is 0 Å². The number of nitrogens with one attached hydrogen (secondary N) is 1. The van der Waals surface area contributed by atoms with Crippen LogP contribution in [0.5, 0.6) is 0 Å². The number of amidine groups is 1. The molecule has 0 bridgehead atoms. The number of nitrogens with zero attached hydrogens (tertiary/aromatic N) is 1. The molecule has 0 aliphatic carbocycles. The van der Waals surface area contributed by atoms with Crippen molar-refractivity contribution in [2.45, 2.75) is 52.0 Å². The van der Waals surface area contributed by atoms with Gasteiger partial charge >= 0.3 is 0 Å². The molecule has 4 N–H and O–H groups in total. The highest BCUT2D eigenvalue weighted by atomic mass is 16.5. The smallest absolute Gasteiger partial charge is 0.234 e. The second-order valence-electron chi connectivity index (χ2n) is 5.40. The van der Waals surface area contributed by atoms with Gasteiger partial charge in [-0.2, -0.15) is 0 Å². The molecule has 1 aliphatic rings. The highest BCUT2D eigenvalue weighted by molar-refractivity contribution is 6.06. The normalized spacial score (nSPS) is 20.1. The third-order valence-corrected chi connectivity index (χ3v) is 4.25. The molecule has 1 saturated heterocycles. The second kappa shape index (κ2) is 6.23. The van der Waals surface area contributed by atoms with Crippen LogP contribution in [-0.4, -0.2) is 35.7 Å². The Hall–Kier alpha value is -1.30. The molecule has 1 rings (SSSR count). The number of hydrogen-bond acceptors (Lipinski definition) is 4. The topological polar surface area (TPSA) is 96.9 Å². The van der Waals surface area contributed by atoms with E-state index in [-0.39, 0.29) is 17.3 Å². The van der Waals surface area contributed by atoms with Crippen LogP contribution in [0.4, 0.5) is 0 Å². The monoisotopic (exact) mass is 271 g/mol. The number of rotatable bonds is 5. The fourth-order valence-electron chi connectivity index (χ4n) is 2.49. The Morgan fingerprint density at radius 2 is 1.95 bits per heavy atom. The first-order valence-electron chi connectivity index (χ1n) is 6.82. The van der Waals surface area contributed by atoms with E-state index in [2.05, 4.69) is 10.5 Å². The summed E-state index contributed by atoms with van der Waals surface area (Å²) in [5.74, 6) is -0.192. The van der Waals surface area contributed by atoms with E-state index >= 15 is 0 Å². The molecule has 0 aromatic carbocycles. The van der Waals surface area contributed by atoms with E-state index in [0.717, 1.165) is 12.8 Å². The highest BCUT2D eigenvalue weighted by Crippen LogP contribution is 2.29. The molecule has 1 aliphatic heterocycles. The van der Waals surface area contributed by atoms with E-state index < -0.39 is 5.41 Å². The van der Waals surface area contributed by atoms with Crippen molar-refractivity contribution in [2.24, 2.45) is 16.3 Å². The van der Waals surface area contributed by atoms with E-state index in [1.807, 2.05) is 20.8 Å². The van der Waals surface area contributed by atoms with Gasteiger partial charge in [-0.15, -0.1) is 0 Å².